The number of nitrogens with zero attached hydrogens (tertiary/aromatic N) is 1. The van der Waals surface area contributed by atoms with Crippen molar-refractivity contribution in [1.82, 2.24) is 9.62 Å². The van der Waals surface area contributed by atoms with Gasteiger partial charge in [-0.2, -0.15) is 4.31 Å². The third-order valence-corrected chi connectivity index (χ3v) is 6.52. The van der Waals surface area contributed by atoms with Crippen molar-refractivity contribution in [2.24, 2.45) is 0 Å². The summed E-state index contributed by atoms with van der Waals surface area (Å²) in [6.07, 6.45) is 3.22. The predicted octanol–water partition coefficient (Wildman–Crippen LogP) is 1.55. The van der Waals surface area contributed by atoms with Crippen molar-refractivity contribution in [1.29, 1.82) is 0 Å². The molecule has 1 heterocycles. The molecule has 1 saturated heterocycles. The lowest BCUT2D eigenvalue weighted by atomic mass is 10.1. The van der Waals surface area contributed by atoms with Gasteiger partial charge in [-0.3, -0.25) is 0 Å². The Morgan fingerprint density at radius 2 is 1.75 bits per heavy atom. The maximum absolute atomic E-state index is 12.9. The maximum Gasteiger partial charge on any atom is 0.243 e. The summed E-state index contributed by atoms with van der Waals surface area (Å²) in [7, 11) is -3.39. The molecular weight excluding hydrogens is 272 g/mol. The largest absolute Gasteiger partial charge is 0.314 e. The molecule has 0 spiro atoms. The Labute approximate surface area is 121 Å². The van der Waals surface area contributed by atoms with E-state index >= 15 is 0 Å². The lowest BCUT2D eigenvalue weighted by Gasteiger charge is -2.38. The van der Waals surface area contributed by atoms with E-state index in [1.54, 1.807) is 10.4 Å². The number of aryl methyl sites for hydroxylation is 2. The van der Waals surface area contributed by atoms with Crippen LogP contribution in [-0.2, 0) is 22.9 Å². The zero-order valence-corrected chi connectivity index (χ0v) is 12.9. The van der Waals surface area contributed by atoms with Crippen molar-refractivity contribution in [2.75, 3.05) is 13.1 Å². The topological polar surface area (TPSA) is 49.4 Å². The van der Waals surface area contributed by atoms with E-state index in [1.165, 1.54) is 11.1 Å². The van der Waals surface area contributed by atoms with E-state index in [0.717, 1.165) is 19.3 Å². The average molecular weight is 294 g/mol. The lowest BCUT2D eigenvalue weighted by molar-refractivity contribution is 0.220. The van der Waals surface area contributed by atoms with Crippen LogP contribution in [0.25, 0.3) is 0 Å². The lowest BCUT2D eigenvalue weighted by Crippen LogP contribution is -2.57. The second-order valence-electron chi connectivity index (χ2n) is 5.98. The Balaban J connectivity index is 1.99. The van der Waals surface area contributed by atoms with Gasteiger partial charge in [0.1, 0.15) is 0 Å². The summed E-state index contributed by atoms with van der Waals surface area (Å²) in [5, 5.41) is 3.27. The zero-order valence-electron chi connectivity index (χ0n) is 12.1. The molecule has 4 nitrogen and oxygen atoms in total. The number of benzene rings is 1. The predicted molar refractivity (Wildman–Crippen MR) is 79.3 cm³/mol. The molecule has 1 aromatic rings. The van der Waals surface area contributed by atoms with Crippen LogP contribution in [0.15, 0.2) is 23.1 Å². The quantitative estimate of drug-likeness (QED) is 0.900. The number of fused-ring (bicyclic) bond motifs is 1. The Kier molecular flexibility index (Phi) is 3.60. The van der Waals surface area contributed by atoms with Crippen LogP contribution in [0.1, 0.15) is 31.4 Å². The molecule has 110 valence electrons. The van der Waals surface area contributed by atoms with Gasteiger partial charge in [0.2, 0.25) is 10.0 Å². The van der Waals surface area contributed by atoms with Crippen LogP contribution in [0.2, 0.25) is 0 Å². The van der Waals surface area contributed by atoms with Gasteiger partial charge in [0.05, 0.1) is 4.90 Å². The van der Waals surface area contributed by atoms with E-state index in [0.29, 0.717) is 18.0 Å². The highest BCUT2D eigenvalue weighted by Gasteiger charge is 2.35. The number of hydrogen-bond donors (Lipinski definition) is 1. The van der Waals surface area contributed by atoms with Crippen molar-refractivity contribution < 1.29 is 8.42 Å². The van der Waals surface area contributed by atoms with Crippen LogP contribution in [0.4, 0.5) is 0 Å². The molecule has 2 atom stereocenters. The Bertz CT molecular complexity index is 602. The molecule has 0 radical (unpaired) electrons. The van der Waals surface area contributed by atoms with E-state index in [9.17, 15) is 8.42 Å². The summed E-state index contributed by atoms with van der Waals surface area (Å²) in [6, 6.07) is 5.65. The third-order valence-electron chi connectivity index (χ3n) is 4.39. The van der Waals surface area contributed by atoms with Crippen LogP contribution in [-0.4, -0.2) is 37.9 Å². The van der Waals surface area contributed by atoms with Gasteiger partial charge < -0.3 is 5.32 Å². The minimum Gasteiger partial charge on any atom is -0.314 e. The first kappa shape index (κ1) is 14.0. The van der Waals surface area contributed by atoms with Crippen LogP contribution in [0.5, 0.6) is 0 Å². The SMILES string of the molecule is CC1CNCC(C)N1S(=O)(=O)c1ccc2c(c1)CCC2. The van der Waals surface area contributed by atoms with Gasteiger partial charge >= 0.3 is 0 Å². The first-order valence-corrected chi connectivity index (χ1v) is 8.80. The van der Waals surface area contributed by atoms with Crippen LogP contribution < -0.4 is 5.32 Å². The molecule has 20 heavy (non-hydrogen) atoms. The van der Waals surface area contributed by atoms with Crippen molar-refractivity contribution >= 4 is 10.0 Å². The van der Waals surface area contributed by atoms with Gasteiger partial charge in [-0.25, -0.2) is 8.42 Å². The molecule has 0 amide bonds. The van der Waals surface area contributed by atoms with Gasteiger partial charge in [0.25, 0.3) is 0 Å². The minimum absolute atomic E-state index is 0.00277. The second kappa shape index (κ2) is 5.13. The standard InChI is InChI=1S/C15H22N2O2S/c1-11-9-16-10-12(2)17(11)20(18,19)15-7-6-13-4-3-5-14(13)8-15/h6-8,11-12,16H,3-5,9-10H2,1-2H3. The van der Waals surface area contributed by atoms with Crippen molar-refractivity contribution in [3.63, 3.8) is 0 Å². The molecule has 1 N–H and O–H groups in total. The highest BCUT2D eigenvalue weighted by atomic mass is 32.2. The summed E-state index contributed by atoms with van der Waals surface area (Å²) >= 11 is 0. The Morgan fingerprint density at radius 1 is 1.10 bits per heavy atom. The van der Waals surface area contributed by atoms with E-state index in [1.807, 2.05) is 26.0 Å². The van der Waals surface area contributed by atoms with Crippen molar-refractivity contribution in [3.8, 4) is 0 Å². The van der Waals surface area contributed by atoms with Gasteiger partial charge in [0, 0.05) is 25.2 Å². The summed E-state index contributed by atoms with van der Waals surface area (Å²) in [6.45, 7) is 5.37. The summed E-state index contributed by atoms with van der Waals surface area (Å²) in [5.74, 6) is 0. The first-order valence-electron chi connectivity index (χ1n) is 7.36. The molecule has 3 rings (SSSR count). The van der Waals surface area contributed by atoms with E-state index < -0.39 is 10.0 Å². The molecule has 1 aliphatic heterocycles. The van der Waals surface area contributed by atoms with Crippen LogP contribution in [0.3, 0.4) is 0 Å². The van der Waals surface area contributed by atoms with Crippen LogP contribution in [0, 0.1) is 0 Å². The fourth-order valence-electron chi connectivity index (χ4n) is 3.42. The molecule has 1 fully saturated rings. The zero-order chi connectivity index (χ0) is 14.3. The van der Waals surface area contributed by atoms with E-state index in [4.69, 9.17) is 0 Å². The number of rotatable bonds is 2. The highest BCUT2D eigenvalue weighted by molar-refractivity contribution is 7.89. The average Bonchev–Trinajstić information content (AvgIpc) is 2.85. The van der Waals surface area contributed by atoms with Gasteiger partial charge in [-0.1, -0.05) is 6.07 Å². The number of hydrogen-bond acceptors (Lipinski definition) is 3. The van der Waals surface area contributed by atoms with Gasteiger partial charge in [-0.15, -0.1) is 0 Å². The minimum atomic E-state index is -3.39. The van der Waals surface area contributed by atoms with Crippen molar-refractivity contribution in [2.45, 2.75) is 50.1 Å². The third kappa shape index (κ3) is 2.28. The second-order valence-corrected chi connectivity index (χ2v) is 7.82. The molecule has 0 aromatic heterocycles. The molecule has 2 aliphatic rings. The molecule has 2 unspecified atom stereocenters. The summed E-state index contributed by atoms with van der Waals surface area (Å²) in [5.41, 5.74) is 2.52. The normalized spacial score (nSPS) is 27.5. The monoisotopic (exact) mass is 294 g/mol. The molecular formula is C15H22N2O2S. The van der Waals surface area contributed by atoms with E-state index in [2.05, 4.69) is 5.32 Å². The Morgan fingerprint density at radius 3 is 2.45 bits per heavy atom. The Hall–Kier alpha value is -0.910. The van der Waals surface area contributed by atoms with Gasteiger partial charge in [0.15, 0.2) is 0 Å². The first-order chi connectivity index (χ1) is 9.50. The summed E-state index contributed by atoms with van der Waals surface area (Å²) < 4.78 is 27.5. The summed E-state index contributed by atoms with van der Waals surface area (Å²) in [4.78, 5) is 0.457. The van der Waals surface area contributed by atoms with Gasteiger partial charge in [-0.05, 0) is 56.4 Å². The maximum atomic E-state index is 12.9. The number of sulfonamides is 1. The van der Waals surface area contributed by atoms with E-state index in [-0.39, 0.29) is 12.1 Å². The molecule has 1 aromatic carbocycles. The smallest absolute Gasteiger partial charge is 0.243 e. The number of piperazine rings is 1. The molecule has 5 heteroatoms. The fraction of sp³-hybridized carbons (Fsp3) is 0.600. The molecule has 1 aliphatic carbocycles. The fourth-order valence-corrected chi connectivity index (χ4v) is 5.29. The molecule has 0 saturated carbocycles. The highest BCUT2D eigenvalue weighted by Crippen LogP contribution is 2.28. The molecule has 0 bridgehead atoms. The van der Waals surface area contributed by atoms with Crippen LogP contribution >= 0.6 is 0 Å². The van der Waals surface area contributed by atoms with Crippen molar-refractivity contribution in [3.05, 3.63) is 29.3 Å². The number of nitrogens with one attached hydrogen (secondary N) is 1.